The molecule has 1 aromatic carbocycles. The Labute approximate surface area is 99.3 Å². The minimum atomic E-state index is -1.68. The van der Waals surface area contributed by atoms with Crippen LogP contribution in [-0.2, 0) is 4.79 Å². The van der Waals surface area contributed by atoms with Crippen molar-refractivity contribution in [3.63, 3.8) is 0 Å². The van der Waals surface area contributed by atoms with Gasteiger partial charge in [-0.05, 0) is 6.07 Å². The van der Waals surface area contributed by atoms with Crippen molar-refractivity contribution in [2.75, 3.05) is 11.9 Å². The molecule has 0 fully saturated rings. The van der Waals surface area contributed by atoms with Crippen molar-refractivity contribution in [1.29, 1.82) is 0 Å². The second-order valence-corrected chi connectivity index (χ2v) is 3.37. The van der Waals surface area contributed by atoms with Gasteiger partial charge >= 0.3 is 0 Å². The summed E-state index contributed by atoms with van der Waals surface area (Å²) in [6, 6.07) is 4.73. The number of carbonyl (C=O) groups is 1. The Hall–Kier alpha value is -1.85. The number of hydrogen-bond acceptors (Lipinski definition) is 4. The number of carbonyl (C=O) groups excluding carboxylic acids is 1. The first-order valence-electron chi connectivity index (χ1n) is 5.06. The molecule has 0 aliphatic carbocycles. The minimum absolute atomic E-state index is 0.182. The molecule has 0 saturated carbocycles. The molecule has 5 nitrogen and oxygen atoms in total. The lowest BCUT2D eigenvalue weighted by Crippen LogP contribution is -2.12. The van der Waals surface area contributed by atoms with Gasteiger partial charge in [-0.3, -0.25) is 4.79 Å². The molecule has 0 saturated heterocycles. The Morgan fingerprint density at radius 1 is 1.59 bits per heavy atom. The molecule has 0 aliphatic heterocycles. The maximum Gasteiger partial charge on any atom is 0.221 e. The fraction of sp³-hybridized carbons (Fsp3) is 0.250. The van der Waals surface area contributed by atoms with Crippen molar-refractivity contribution in [1.82, 2.24) is 0 Å². The first-order chi connectivity index (χ1) is 8.06. The fourth-order valence-corrected chi connectivity index (χ4v) is 1.34. The van der Waals surface area contributed by atoms with Gasteiger partial charge in [0.15, 0.2) is 6.29 Å². The quantitative estimate of drug-likeness (QED) is 0.531. The SMILES string of the molecule is C=CCOc1cccc(C(O)O)c1NC(C)=O. The van der Waals surface area contributed by atoms with Gasteiger partial charge in [0, 0.05) is 12.5 Å². The Morgan fingerprint density at radius 2 is 2.29 bits per heavy atom. The molecule has 0 heterocycles. The zero-order chi connectivity index (χ0) is 12.8. The third kappa shape index (κ3) is 3.58. The van der Waals surface area contributed by atoms with Gasteiger partial charge in [-0.1, -0.05) is 24.8 Å². The Morgan fingerprint density at radius 3 is 2.82 bits per heavy atom. The summed E-state index contributed by atoms with van der Waals surface area (Å²) >= 11 is 0. The highest BCUT2D eigenvalue weighted by molar-refractivity contribution is 5.91. The fourth-order valence-electron chi connectivity index (χ4n) is 1.34. The highest BCUT2D eigenvalue weighted by Gasteiger charge is 2.15. The first-order valence-corrected chi connectivity index (χ1v) is 5.06. The highest BCUT2D eigenvalue weighted by Crippen LogP contribution is 2.31. The van der Waals surface area contributed by atoms with Gasteiger partial charge in [0.25, 0.3) is 0 Å². The average molecular weight is 237 g/mol. The largest absolute Gasteiger partial charge is 0.487 e. The van der Waals surface area contributed by atoms with E-state index in [-0.39, 0.29) is 23.8 Å². The molecule has 92 valence electrons. The number of nitrogens with one attached hydrogen (secondary N) is 1. The summed E-state index contributed by atoms with van der Waals surface area (Å²) in [5.74, 6) is 0.0484. The van der Waals surface area contributed by atoms with E-state index in [0.717, 1.165) is 0 Å². The lowest BCUT2D eigenvalue weighted by molar-refractivity contribution is -0.114. The van der Waals surface area contributed by atoms with E-state index in [4.69, 9.17) is 4.74 Å². The molecule has 5 heteroatoms. The topological polar surface area (TPSA) is 78.8 Å². The average Bonchev–Trinajstić information content (AvgIpc) is 2.26. The van der Waals surface area contributed by atoms with Gasteiger partial charge in [0.2, 0.25) is 5.91 Å². The molecule has 1 aromatic rings. The lowest BCUT2D eigenvalue weighted by Gasteiger charge is -2.16. The zero-order valence-corrected chi connectivity index (χ0v) is 9.51. The Bertz CT molecular complexity index is 415. The van der Waals surface area contributed by atoms with Crippen molar-refractivity contribution >= 4 is 11.6 Å². The van der Waals surface area contributed by atoms with Crippen LogP contribution in [0.3, 0.4) is 0 Å². The van der Waals surface area contributed by atoms with E-state index in [1.807, 2.05) is 0 Å². The van der Waals surface area contributed by atoms with Crippen LogP contribution in [0.5, 0.6) is 5.75 Å². The molecule has 3 N–H and O–H groups in total. The molecule has 1 amide bonds. The van der Waals surface area contributed by atoms with Crippen LogP contribution in [0, 0.1) is 0 Å². The summed E-state index contributed by atoms with van der Waals surface area (Å²) < 4.78 is 5.32. The van der Waals surface area contributed by atoms with Gasteiger partial charge in [0.1, 0.15) is 12.4 Å². The predicted octanol–water partition coefficient (Wildman–Crippen LogP) is 1.19. The van der Waals surface area contributed by atoms with Crippen LogP contribution >= 0.6 is 0 Å². The van der Waals surface area contributed by atoms with Crippen molar-refractivity contribution in [2.45, 2.75) is 13.2 Å². The number of para-hydroxylation sites is 1. The third-order valence-electron chi connectivity index (χ3n) is 1.99. The Balaban J connectivity index is 3.13. The van der Waals surface area contributed by atoms with E-state index in [9.17, 15) is 15.0 Å². The zero-order valence-electron chi connectivity index (χ0n) is 9.51. The molecule has 0 spiro atoms. The van der Waals surface area contributed by atoms with Gasteiger partial charge in [-0.15, -0.1) is 0 Å². The van der Waals surface area contributed by atoms with E-state index in [2.05, 4.69) is 11.9 Å². The molecule has 0 aliphatic rings. The van der Waals surface area contributed by atoms with Crippen molar-refractivity contribution in [2.24, 2.45) is 0 Å². The minimum Gasteiger partial charge on any atom is -0.487 e. The van der Waals surface area contributed by atoms with Gasteiger partial charge in [0.05, 0.1) is 5.69 Å². The summed E-state index contributed by atoms with van der Waals surface area (Å²) in [7, 11) is 0. The number of ether oxygens (including phenoxy) is 1. The lowest BCUT2D eigenvalue weighted by atomic mass is 10.1. The summed E-state index contributed by atoms with van der Waals surface area (Å²) in [5.41, 5.74) is 0.443. The standard InChI is InChI=1S/C12H15NO4/c1-3-7-17-10-6-4-5-9(12(15)16)11(10)13-8(2)14/h3-6,12,15-16H,1,7H2,2H3,(H,13,14). The third-order valence-corrected chi connectivity index (χ3v) is 1.99. The summed E-state index contributed by atoms with van der Waals surface area (Å²) in [6.07, 6.45) is -0.122. The highest BCUT2D eigenvalue weighted by atomic mass is 16.5. The number of benzene rings is 1. The molecule has 0 aromatic heterocycles. The molecule has 0 radical (unpaired) electrons. The Kier molecular flexibility index (Phi) is 4.68. The molecule has 0 atom stereocenters. The molecule has 17 heavy (non-hydrogen) atoms. The maximum absolute atomic E-state index is 11.1. The van der Waals surface area contributed by atoms with E-state index in [0.29, 0.717) is 5.75 Å². The number of aliphatic hydroxyl groups excluding tert-OH is 1. The van der Waals surface area contributed by atoms with Gasteiger partial charge in [-0.25, -0.2) is 0 Å². The monoisotopic (exact) mass is 237 g/mol. The summed E-state index contributed by atoms with van der Waals surface area (Å²) in [4.78, 5) is 11.1. The molecule has 0 bridgehead atoms. The van der Waals surface area contributed by atoms with Crippen LogP contribution in [0.2, 0.25) is 0 Å². The maximum atomic E-state index is 11.1. The van der Waals surface area contributed by atoms with Crippen LogP contribution in [0.1, 0.15) is 18.8 Å². The number of amides is 1. The second-order valence-electron chi connectivity index (χ2n) is 3.37. The van der Waals surface area contributed by atoms with Crippen molar-refractivity contribution in [3.8, 4) is 5.75 Å². The number of hydrogen-bond donors (Lipinski definition) is 3. The summed E-state index contributed by atoms with van der Waals surface area (Å²) in [6.45, 7) is 5.11. The van der Waals surface area contributed by atoms with Crippen LogP contribution in [0.15, 0.2) is 30.9 Å². The number of anilines is 1. The van der Waals surface area contributed by atoms with Crippen LogP contribution in [0.4, 0.5) is 5.69 Å². The number of rotatable bonds is 5. The van der Waals surface area contributed by atoms with Crippen molar-refractivity contribution in [3.05, 3.63) is 36.4 Å². The molecular weight excluding hydrogens is 222 g/mol. The van der Waals surface area contributed by atoms with E-state index in [1.54, 1.807) is 18.2 Å². The van der Waals surface area contributed by atoms with E-state index >= 15 is 0 Å². The van der Waals surface area contributed by atoms with Gasteiger partial charge < -0.3 is 20.3 Å². The van der Waals surface area contributed by atoms with Crippen molar-refractivity contribution < 1.29 is 19.7 Å². The first kappa shape index (κ1) is 13.2. The normalized spacial score (nSPS) is 10.1. The smallest absolute Gasteiger partial charge is 0.221 e. The molecular formula is C12H15NO4. The number of aliphatic hydroxyl groups is 2. The van der Waals surface area contributed by atoms with Gasteiger partial charge in [-0.2, -0.15) is 0 Å². The van der Waals surface area contributed by atoms with E-state index < -0.39 is 6.29 Å². The van der Waals surface area contributed by atoms with Crippen LogP contribution < -0.4 is 10.1 Å². The second kappa shape index (κ2) is 6.03. The molecule has 0 unspecified atom stereocenters. The van der Waals surface area contributed by atoms with Crippen LogP contribution in [-0.4, -0.2) is 22.7 Å². The van der Waals surface area contributed by atoms with E-state index in [1.165, 1.54) is 13.0 Å². The molecule has 1 rings (SSSR count). The van der Waals surface area contributed by atoms with Crippen LogP contribution in [0.25, 0.3) is 0 Å². The summed E-state index contributed by atoms with van der Waals surface area (Å²) in [5, 5.41) is 20.9. The predicted molar refractivity (Wildman–Crippen MR) is 63.6 cm³/mol.